The van der Waals surface area contributed by atoms with E-state index in [0.29, 0.717) is 24.8 Å². The van der Waals surface area contributed by atoms with Crippen LogP contribution in [-0.4, -0.2) is 45.2 Å². The first-order chi connectivity index (χ1) is 6.06. The molecular weight excluding hydrogens is 188 g/mol. The van der Waals surface area contributed by atoms with Gasteiger partial charge in [0.2, 0.25) is 10.0 Å². The van der Waals surface area contributed by atoms with E-state index in [0.717, 1.165) is 13.0 Å². The van der Waals surface area contributed by atoms with Crippen LogP contribution in [0.1, 0.15) is 13.3 Å². The first-order valence-electron chi connectivity index (χ1n) is 4.68. The van der Waals surface area contributed by atoms with Gasteiger partial charge in [0, 0.05) is 13.1 Å². The molecule has 0 bridgehead atoms. The lowest BCUT2D eigenvalue weighted by Crippen LogP contribution is -2.28. The SMILES string of the molecule is CNCCCN1CC(C)CS1(=O)=O. The van der Waals surface area contributed by atoms with Crippen LogP contribution < -0.4 is 5.32 Å². The van der Waals surface area contributed by atoms with Crippen LogP contribution in [0, 0.1) is 5.92 Å². The van der Waals surface area contributed by atoms with E-state index < -0.39 is 10.0 Å². The van der Waals surface area contributed by atoms with Crippen LogP contribution in [0.2, 0.25) is 0 Å². The van der Waals surface area contributed by atoms with E-state index in [9.17, 15) is 8.42 Å². The van der Waals surface area contributed by atoms with Crippen molar-refractivity contribution in [3.8, 4) is 0 Å². The molecule has 0 aromatic rings. The van der Waals surface area contributed by atoms with Crippen molar-refractivity contribution in [1.82, 2.24) is 9.62 Å². The molecule has 1 rings (SSSR count). The zero-order chi connectivity index (χ0) is 9.90. The quantitative estimate of drug-likeness (QED) is 0.652. The molecule has 1 saturated heterocycles. The molecule has 0 aromatic carbocycles. The second-order valence-corrected chi connectivity index (χ2v) is 5.71. The molecule has 0 saturated carbocycles. The van der Waals surface area contributed by atoms with Crippen molar-refractivity contribution in [2.75, 3.05) is 32.4 Å². The summed E-state index contributed by atoms with van der Waals surface area (Å²) in [5, 5.41) is 3.01. The van der Waals surface area contributed by atoms with Crippen molar-refractivity contribution in [3.63, 3.8) is 0 Å². The summed E-state index contributed by atoms with van der Waals surface area (Å²) in [6, 6.07) is 0. The molecule has 5 heteroatoms. The Bertz CT molecular complexity index is 251. The molecule has 0 aromatic heterocycles. The van der Waals surface area contributed by atoms with E-state index in [1.807, 2.05) is 14.0 Å². The Hall–Kier alpha value is -0.130. The average Bonchev–Trinajstić information content (AvgIpc) is 2.25. The van der Waals surface area contributed by atoms with E-state index in [1.165, 1.54) is 0 Å². The highest BCUT2D eigenvalue weighted by atomic mass is 32.2. The van der Waals surface area contributed by atoms with Crippen LogP contribution in [0.3, 0.4) is 0 Å². The lowest BCUT2D eigenvalue weighted by atomic mass is 10.2. The Morgan fingerprint density at radius 3 is 2.69 bits per heavy atom. The van der Waals surface area contributed by atoms with Gasteiger partial charge in [-0.15, -0.1) is 0 Å². The van der Waals surface area contributed by atoms with Crippen molar-refractivity contribution < 1.29 is 8.42 Å². The van der Waals surface area contributed by atoms with E-state index in [4.69, 9.17) is 0 Å². The minimum absolute atomic E-state index is 0.291. The number of sulfonamides is 1. The molecule has 13 heavy (non-hydrogen) atoms. The molecule has 0 radical (unpaired) electrons. The lowest BCUT2D eigenvalue weighted by molar-refractivity contribution is 0.405. The summed E-state index contributed by atoms with van der Waals surface area (Å²) in [6.45, 7) is 4.22. The Labute approximate surface area is 80.4 Å². The Balaban J connectivity index is 2.42. The maximum atomic E-state index is 11.5. The molecule has 1 unspecified atom stereocenters. The smallest absolute Gasteiger partial charge is 0.214 e. The number of nitrogens with one attached hydrogen (secondary N) is 1. The van der Waals surface area contributed by atoms with Gasteiger partial charge in [-0.2, -0.15) is 0 Å². The molecule has 78 valence electrons. The van der Waals surface area contributed by atoms with Gasteiger partial charge in [0.25, 0.3) is 0 Å². The lowest BCUT2D eigenvalue weighted by Gasteiger charge is -2.13. The molecule has 0 amide bonds. The third-order valence-corrected chi connectivity index (χ3v) is 4.35. The molecule has 1 aliphatic heterocycles. The summed E-state index contributed by atoms with van der Waals surface area (Å²) in [7, 11) is -1.04. The fourth-order valence-corrected chi connectivity index (χ4v) is 3.57. The molecule has 1 fully saturated rings. The summed E-state index contributed by atoms with van der Waals surface area (Å²) in [5.74, 6) is 0.617. The maximum absolute atomic E-state index is 11.5. The largest absolute Gasteiger partial charge is 0.320 e. The molecule has 1 heterocycles. The number of hydrogen-bond donors (Lipinski definition) is 1. The van der Waals surface area contributed by atoms with E-state index in [1.54, 1.807) is 4.31 Å². The molecule has 0 aliphatic carbocycles. The van der Waals surface area contributed by atoms with Gasteiger partial charge in [-0.3, -0.25) is 0 Å². The summed E-state index contributed by atoms with van der Waals surface area (Å²) < 4.78 is 24.5. The highest BCUT2D eigenvalue weighted by molar-refractivity contribution is 7.89. The molecule has 4 nitrogen and oxygen atoms in total. The first-order valence-corrected chi connectivity index (χ1v) is 6.29. The molecule has 0 spiro atoms. The van der Waals surface area contributed by atoms with Crippen LogP contribution in [0.4, 0.5) is 0 Å². The summed E-state index contributed by atoms with van der Waals surface area (Å²) in [5.41, 5.74) is 0. The van der Waals surface area contributed by atoms with Gasteiger partial charge in [0.1, 0.15) is 0 Å². The molecular formula is C8H18N2O2S. The average molecular weight is 206 g/mol. The predicted octanol–water partition coefficient (Wildman–Crippen LogP) is -0.123. The second-order valence-electron chi connectivity index (χ2n) is 3.70. The zero-order valence-corrected chi connectivity index (χ0v) is 9.10. The highest BCUT2D eigenvalue weighted by Crippen LogP contribution is 2.18. The normalized spacial score (nSPS) is 28.0. The first kappa shape index (κ1) is 10.9. The zero-order valence-electron chi connectivity index (χ0n) is 8.28. The van der Waals surface area contributed by atoms with E-state index >= 15 is 0 Å². The van der Waals surface area contributed by atoms with Gasteiger partial charge in [0.05, 0.1) is 5.75 Å². The standard InChI is InChI=1S/C8H18N2O2S/c1-8-6-10(5-3-4-9-2)13(11,12)7-8/h8-9H,3-7H2,1-2H3. The van der Waals surface area contributed by atoms with Gasteiger partial charge >= 0.3 is 0 Å². The van der Waals surface area contributed by atoms with Crippen molar-refractivity contribution in [3.05, 3.63) is 0 Å². The van der Waals surface area contributed by atoms with Crippen molar-refractivity contribution in [2.24, 2.45) is 5.92 Å². The number of rotatable bonds is 4. The third-order valence-electron chi connectivity index (χ3n) is 2.24. The molecule has 1 aliphatic rings. The second kappa shape index (κ2) is 4.39. The fraction of sp³-hybridized carbons (Fsp3) is 1.00. The van der Waals surface area contributed by atoms with E-state index in [2.05, 4.69) is 5.32 Å². The van der Waals surface area contributed by atoms with Crippen molar-refractivity contribution in [2.45, 2.75) is 13.3 Å². The van der Waals surface area contributed by atoms with Gasteiger partial charge in [0.15, 0.2) is 0 Å². The fourth-order valence-electron chi connectivity index (χ4n) is 1.64. The van der Waals surface area contributed by atoms with Crippen molar-refractivity contribution >= 4 is 10.0 Å². The number of hydrogen-bond acceptors (Lipinski definition) is 3. The van der Waals surface area contributed by atoms with Crippen LogP contribution in [0.15, 0.2) is 0 Å². The van der Waals surface area contributed by atoms with Crippen LogP contribution >= 0.6 is 0 Å². The van der Waals surface area contributed by atoms with Gasteiger partial charge in [-0.25, -0.2) is 12.7 Å². The third kappa shape index (κ3) is 2.93. The minimum atomic E-state index is -2.91. The summed E-state index contributed by atoms with van der Waals surface area (Å²) in [4.78, 5) is 0. The van der Waals surface area contributed by atoms with E-state index in [-0.39, 0.29) is 0 Å². The van der Waals surface area contributed by atoms with Gasteiger partial charge in [-0.05, 0) is 25.9 Å². The molecule has 1 N–H and O–H groups in total. The van der Waals surface area contributed by atoms with Crippen LogP contribution in [0.5, 0.6) is 0 Å². The number of nitrogens with zero attached hydrogens (tertiary/aromatic N) is 1. The minimum Gasteiger partial charge on any atom is -0.320 e. The molecule has 1 atom stereocenters. The van der Waals surface area contributed by atoms with Crippen molar-refractivity contribution in [1.29, 1.82) is 0 Å². The Kier molecular flexibility index (Phi) is 3.70. The Morgan fingerprint density at radius 1 is 1.54 bits per heavy atom. The maximum Gasteiger partial charge on any atom is 0.214 e. The Morgan fingerprint density at radius 2 is 2.23 bits per heavy atom. The highest BCUT2D eigenvalue weighted by Gasteiger charge is 2.32. The monoisotopic (exact) mass is 206 g/mol. The van der Waals surface area contributed by atoms with Gasteiger partial charge < -0.3 is 5.32 Å². The predicted molar refractivity (Wildman–Crippen MR) is 53.1 cm³/mol. The summed E-state index contributed by atoms with van der Waals surface area (Å²) in [6.07, 6.45) is 0.891. The van der Waals surface area contributed by atoms with Crippen LogP contribution in [-0.2, 0) is 10.0 Å². The summed E-state index contributed by atoms with van der Waals surface area (Å²) >= 11 is 0. The van der Waals surface area contributed by atoms with Gasteiger partial charge in [-0.1, -0.05) is 6.92 Å². The topological polar surface area (TPSA) is 49.4 Å². The van der Waals surface area contributed by atoms with Crippen LogP contribution in [0.25, 0.3) is 0 Å².